The van der Waals surface area contributed by atoms with Crippen LogP contribution < -0.4 is 10.6 Å². The molecule has 0 aromatic carbocycles. The monoisotopic (exact) mass is 202 g/mol. The molecule has 1 aliphatic heterocycles. The van der Waals surface area contributed by atoms with E-state index in [1.165, 1.54) is 12.8 Å². The number of hydrogen-bond donors (Lipinski definition) is 2. The minimum atomic E-state index is 0.513. The van der Waals surface area contributed by atoms with Crippen LogP contribution in [0.15, 0.2) is 18.3 Å². The molecule has 1 saturated heterocycles. The van der Waals surface area contributed by atoms with Crippen molar-refractivity contribution in [3.05, 3.63) is 23.9 Å². The van der Waals surface area contributed by atoms with E-state index >= 15 is 0 Å². The van der Waals surface area contributed by atoms with E-state index in [1.54, 1.807) is 18.3 Å². The zero-order valence-electron chi connectivity index (χ0n) is 8.53. The van der Waals surface area contributed by atoms with E-state index in [0.29, 0.717) is 17.4 Å². The number of nitrogens with zero attached hydrogens (tertiary/aromatic N) is 2. The van der Waals surface area contributed by atoms with Crippen molar-refractivity contribution >= 4 is 5.82 Å². The average molecular weight is 202 g/mol. The molecule has 0 saturated carbocycles. The van der Waals surface area contributed by atoms with Crippen LogP contribution in [0, 0.1) is 11.3 Å². The van der Waals surface area contributed by atoms with Gasteiger partial charge in [0.05, 0.1) is 5.56 Å². The lowest BCUT2D eigenvalue weighted by atomic mass is 10.2. The van der Waals surface area contributed by atoms with Gasteiger partial charge in [-0.2, -0.15) is 5.26 Å². The SMILES string of the molecule is N#Cc1cccnc1NCC1CCCN1. The van der Waals surface area contributed by atoms with Crippen LogP contribution in [0.2, 0.25) is 0 Å². The molecule has 4 nitrogen and oxygen atoms in total. The number of rotatable bonds is 3. The molecule has 2 rings (SSSR count). The van der Waals surface area contributed by atoms with Crippen molar-refractivity contribution in [1.82, 2.24) is 10.3 Å². The highest BCUT2D eigenvalue weighted by Gasteiger charge is 2.13. The van der Waals surface area contributed by atoms with Crippen LogP contribution in [0.1, 0.15) is 18.4 Å². The van der Waals surface area contributed by atoms with E-state index in [9.17, 15) is 0 Å². The summed E-state index contributed by atoms with van der Waals surface area (Å²) in [6, 6.07) is 6.19. The predicted octanol–water partition coefficient (Wildman–Crippen LogP) is 1.12. The molecule has 0 radical (unpaired) electrons. The fourth-order valence-corrected chi connectivity index (χ4v) is 1.79. The lowest BCUT2D eigenvalue weighted by Gasteiger charge is -2.12. The number of nitrogens with one attached hydrogen (secondary N) is 2. The highest BCUT2D eigenvalue weighted by atomic mass is 15.0. The smallest absolute Gasteiger partial charge is 0.143 e. The van der Waals surface area contributed by atoms with E-state index in [1.807, 2.05) is 0 Å². The molecule has 2 heterocycles. The number of nitriles is 1. The Morgan fingerprint density at radius 2 is 2.60 bits per heavy atom. The summed E-state index contributed by atoms with van der Waals surface area (Å²) in [5.41, 5.74) is 0.607. The largest absolute Gasteiger partial charge is 0.367 e. The second-order valence-corrected chi connectivity index (χ2v) is 3.69. The maximum atomic E-state index is 8.86. The Bertz CT molecular complexity index is 363. The summed E-state index contributed by atoms with van der Waals surface area (Å²) in [5.74, 6) is 0.689. The highest BCUT2D eigenvalue weighted by Crippen LogP contribution is 2.11. The van der Waals surface area contributed by atoms with Gasteiger partial charge in [-0.15, -0.1) is 0 Å². The first-order valence-corrected chi connectivity index (χ1v) is 5.22. The molecule has 0 aliphatic carbocycles. The first-order chi connectivity index (χ1) is 7.40. The van der Waals surface area contributed by atoms with Gasteiger partial charge < -0.3 is 10.6 Å². The molecule has 1 fully saturated rings. The molecule has 4 heteroatoms. The third kappa shape index (κ3) is 2.45. The Morgan fingerprint density at radius 1 is 1.67 bits per heavy atom. The molecule has 0 amide bonds. The molecule has 0 bridgehead atoms. The zero-order chi connectivity index (χ0) is 10.5. The van der Waals surface area contributed by atoms with Gasteiger partial charge >= 0.3 is 0 Å². The van der Waals surface area contributed by atoms with Crippen molar-refractivity contribution in [3.63, 3.8) is 0 Å². The maximum absolute atomic E-state index is 8.86. The van der Waals surface area contributed by atoms with Crippen LogP contribution in [0.25, 0.3) is 0 Å². The normalized spacial score (nSPS) is 19.8. The van der Waals surface area contributed by atoms with Gasteiger partial charge in [-0.05, 0) is 31.5 Å². The van der Waals surface area contributed by atoms with E-state index in [2.05, 4.69) is 21.7 Å². The van der Waals surface area contributed by atoms with Gasteiger partial charge in [-0.25, -0.2) is 4.98 Å². The molecule has 1 unspecified atom stereocenters. The van der Waals surface area contributed by atoms with Crippen molar-refractivity contribution in [3.8, 4) is 6.07 Å². The molecule has 2 N–H and O–H groups in total. The topological polar surface area (TPSA) is 60.7 Å². The summed E-state index contributed by atoms with van der Waals surface area (Å²) in [7, 11) is 0. The number of aromatic nitrogens is 1. The summed E-state index contributed by atoms with van der Waals surface area (Å²) in [6.07, 6.45) is 4.13. The van der Waals surface area contributed by atoms with Crippen LogP contribution in [0.5, 0.6) is 0 Å². The molecule has 1 aliphatic rings. The summed E-state index contributed by atoms with van der Waals surface area (Å²) in [5, 5.41) is 15.5. The Labute approximate surface area is 89.3 Å². The quantitative estimate of drug-likeness (QED) is 0.771. The molecule has 0 spiro atoms. The second-order valence-electron chi connectivity index (χ2n) is 3.69. The van der Waals surface area contributed by atoms with Crippen molar-refractivity contribution in [1.29, 1.82) is 5.26 Å². The van der Waals surface area contributed by atoms with Crippen LogP contribution in [-0.4, -0.2) is 24.1 Å². The minimum absolute atomic E-state index is 0.513. The Balaban J connectivity index is 1.95. The van der Waals surface area contributed by atoms with Gasteiger partial charge in [0.2, 0.25) is 0 Å². The van der Waals surface area contributed by atoms with Gasteiger partial charge in [-0.3, -0.25) is 0 Å². The van der Waals surface area contributed by atoms with E-state index in [4.69, 9.17) is 5.26 Å². The molecule has 15 heavy (non-hydrogen) atoms. The molecule has 1 aromatic rings. The molecule has 78 valence electrons. The zero-order valence-corrected chi connectivity index (χ0v) is 8.53. The van der Waals surface area contributed by atoms with Gasteiger partial charge in [0.25, 0.3) is 0 Å². The average Bonchev–Trinajstić information content (AvgIpc) is 2.79. The highest BCUT2D eigenvalue weighted by molar-refractivity contribution is 5.51. The van der Waals surface area contributed by atoms with Crippen molar-refractivity contribution < 1.29 is 0 Å². The number of anilines is 1. The van der Waals surface area contributed by atoms with Crippen LogP contribution in [0.4, 0.5) is 5.82 Å². The molecular formula is C11H14N4. The molecular weight excluding hydrogens is 188 g/mol. The predicted molar refractivity (Wildman–Crippen MR) is 58.5 cm³/mol. The lowest BCUT2D eigenvalue weighted by Crippen LogP contribution is -2.29. The third-order valence-corrected chi connectivity index (χ3v) is 2.61. The first kappa shape index (κ1) is 9.94. The summed E-state index contributed by atoms with van der Waals surface area (Å²) < 4.78 is 0. The lowest BCUT2D eigenvalue weighted by molar-refractivity contribution is 0.632. The second kappa shape index (κ2) is 4.76. The third-order valence-electron chi connectivity index (χ3n) is 2.61. The van der Waals surface area contributed by atoms with Gasteiger partial charge in [-0.1, -0.05) is 0 Å². The van der Waals surface area contributed by atoms with E-state index in [0.717, 1.165) is 13.1 Å². The number of hydrogen-bond acceptors (Lipinski definition) is 4. The Morgan fingerprint density at radius 3 is 3.33 bits per heavy atom. The minimum Gasteiger partial charge on any atom is -0.367 e. The van der Waals surface area contributed by atoms with Crippen molar-refractivity contribution in [2.75, 3.05) is 18.4 Å². The first-order valence-electron chi connectivity index (χ1n) is 5.22. The fraction of sp³-hybridized carbons (Fsp3) is 0.455. The number of pyridine rings is 1. The summed E-state index contributed by atoms with van der Waals surface area (Å²) in [6.45, 7) is 1.94. The summed E-state index contributed by atoms with van der Waals surface area (Å²) in [4.78, 5) is 4.15. The van der Waals surface area contributed by atoms with Crippen molar-refractivity contribution in [2.24, 2.45) is 0 Å². The summed E-state index contributed by atoms with van der Waals surface area (Å²) >= 11 is 0. The standard InChI is InChI=1S/C11H14N4/c12-7-9-3-1-6-14-11(9)15-8-10-4-2-5-13-10/h1,3,6,10,13H,2,4-5,8H2,(H,14,15). The fourth-order valence-electron chi connectivity index (χ4n) is 1.79. The van der Waals surface area contributed by atoms with Crippen LogP contribution >= 0.6 is 0 Å². The van der Waals surface area contributed by atoms with Gasteiger partial charge in [0.15, 0.2) is 0 Å². The molecule has 1 aromatic heterocycles. The van der Waals surface area contributed by atoms with E-state index < -0.39 is 0 Å². The van der Waals surface area contributed by atoms with E-state index in [-0.39, 0.29) is 0 Å². The van der Waals surface area contributed by atoms with Crippen molar-refractivity contribution in [2.45, 2.75) is 18.9 Å². The Hall–Kier alpha value is -1.60. The van der Waals surface area contributed by atoms with Gasteiger partial charge in [0.1, 0.15) is 11.9 Å². The molecule has 1 atom stereocenters. The maximum Gasteiger partial charge on any atom is 0.143 e. The van der Waals surface area contributed by atoms with Gasteiger partial charge in [0, 0.05) is 18.8 Å². The van der Waals surface area contributed by atoms with Crippen LogP contribution in [-0.2, 0) is 0 Å². The Kier molecular flexibility index (Phi) is 3.15. The van der Waals surface area contributed by atoms with Crippen LogP contribution in [0.3, 0.4) is 0 Å².